The number of hydrogen-bond acceptors (Lipinski definition) is 10. The van der Waals surface area contributed by atoms with Gasteiger partial charge in [0.15, 0.2) is 5.13 Å². The van der Waals surface area contributed by atoms with Crippen LogP contribution in [0.5, 0.6) is 0 Å². The first kappa shape index (κ1) is 21.5. The normalized spacial score (nSPS) is 26.7. The molecule has 0 spiro atoms. The summed E-state index contributed by atoms with van der Waals surface area (Å²) in [4.78, 5) is 5.09. The molecule has 1 fully saturated rings. The van der Waals surface area contributed by atoms with Crippen LogP contribution in [0.3, 0.4) is 0 Å². The number of halogens is 1. The first-order valence-electron chi connectivity index (χ1n) is 9.02. The predicted octanol–water partition coefficient (Wildman–Crippen LogP) is 2.06. The molecule has 0 bridgehead atoms. The molecule has 1 aliphatic heterocycles. The van der Waals surface area contributed by atoms with Crippen LogP contribution in [-0.2, 0) is 9.47 Å². The molecule has 5 unspecified atom stereocenters. The zero-order valence-corrected chi connectivity index (χ0v) is 18.2. The molecule has 1 aromatic carbocycles. The second-order valence-electron chi connectivity index (χ2n) is 6.64. The maximum Gasteiger partial charge on any atom is 0.180 e. The van der Waals surface area contributed by atoms with Crippen molar-refractivity contribution < 1.29 is 19.7 Å². The molecular weight excluding hydrogens is 450 g/mol. The molecule has 0 aliphatic carbocycles. The van der Waals surface area contributed by atoms with Crippen LogP contribution in [0.4, 0.5) is 5.13 Å². The number of nitrogens with zero attached hydrogens (tertiary/aromatic N) is 4. The lowest BCUT2D eigenvalue weighted by atomic mass is 9.97. The van der Waals surface area contributed by atoms with Crippen molar-refractivity contribution in [3.8, 4) is 11.4 Å². The van der Waals surface area contributed by atoms with Crippen LogP contribution < -0.4 is 5.73 Å². The number of aliphatic hydroxyl groups is 2. The number of benzene rings is 1. The Balaban J connectivity index is 1.65. The highest BCUT2D eigenvalue weighted by Crippen LogP contribution is 2.40. The molecule has 0 saturated carbocycles. The topological polar surface area (TPSA) is 129 Å². The lowest BCUT2D eigenvalue weighted by Gasteiger charge is -2.43. The van der Waals surface area contributed by atoms with E-state index in [0.29, 0.717) is 21.5 Å². The minimum absolute atomic E-state index is 0.356. The minimum Gasteiger partial charge on any atom is -0.394 e. The van der Waals surface area contributed by atoms with E-state index in [1.165, 1.54) is 34.9 Å². The molecular formula is C18H20ClN5O4S2. The summed E-state index contributed by atoms with van der Waals surface area (Å²) in [6.45, 7) is -0.356. The lowest BCUT2D eigenvalue weighted by molar-refractivity contribution is -0.186. The maximum absolute atomic E-state index is 10.9. The Morgan fingerprint density at radius 1 is 1.40 bits per heavy atom. The third kappa shape index (κ3) is 4.33. The number of thioether (sulfide) groups is 1. The van der Waals surface area contributed by atoms with Gasteiger partial charge in [0, 0.05) is 22.4 Å². The van der Waals surface area contributed by atoms with Crippen LogP contribution in [0.15, 0.2) is 40.7 Å². The zero-order chi connectivity index (χ0) is 21.3. The van der Waals surface area contributed by atoms with E-state index in [1.807, 2.05) is 18.2 Å². The molecule has 3 aromatic rings. The van der Waals surface area contributed by atoms with E-state index < -0.39 is 29.8 Å². The van der Waals surface area contributed by atoms with Gasteiger partial charge < -0.3 is 25.4 Å². The van der Waals surface area contributed by atoms with Gasteiger partial charge >= 0.3 is 0 Å². The van der Waals surface area contributed by atoms with Gasteiger partial charge in [-0.25, -0.2) is 9.67 Å². The number of thiazole rings is 1. The van der Waals surface area contributed by atoms with Crippen molar-refractivity contribution in [2.45, 2.75) is 34.7 Å². The zero-order valence-electron chi connectivity index (χ0n) is 15.8. The van der Waals surface area contributed by atoms with Gasteiger partial charge in [-0.3, -0.25) is 0 Å². The van der Waals surface area contributed by atoms with E-state index in [4.69, 9.17) is 26.8 Å². The molecule has 1 saturated heterocycles. The van der Waals surface area contributed by atoms with E-state index in [1.54, 1.807) is 17.6 Å². The first-order valence-corrected chi connectivity index (χ1v) is 11.2. The summed E-state index contributed by atoms with van der Waals surface area (Å²) in [5.74, 6) is 0. The van der Waals surface area contributed by atoms with Crippen molar-refractivity contribution in [3.05, 3.63) is 40.9 Å². The smallest absolute Gasteiger partial charge is 0.180 e. The number of aromatic nitrogens is 4. The molecule has 2 aromatic heterocycles. The van der Waals surface area contributed by atoms with Crippen LogP contribution in [0.2, 0.25) is 5.02 Å². The summed E-state index contributed by atoms with van der Waals surface area (Å²) in [5.41, 5.74) is 6.30. The van der Waals surface area contributed by atoms with Crippen LogP contribution in [0, 0.1) is 0 Å². The predicted molar refractivity (Wildman–Crippen MR) is 114 cm³/mol. The van der Waals surface area contributed by atoms with Crippen molar-refractivity contribution in [1.82, 2.24) is 20.0 Å². The van der Waals surface area contributed by atoms with Gasteiger partial charge in [-0.05, 0) is 18.2 Å². The number of ether oxygens (including phenoxy) is 2. The van der Waals surface area contributed by atoms with E-state index >= 15 is 0 Å². The summed E-state index contributed by atoms with van der Waals surface area (Å²) in [6.07, 6.45) is -0.788. The fourth-order valence-corrected chi connectivity index (χ4v) is 5.37. The lowest BCUT2D eigenvalue weighted by Crippen LogP contribution is -2.55. The second-order valence-corrected chi connectivity index (χ2v) is 9.13. The van der Waals surface area contributed by atoms with Crippen LogP contribution in [-0.4, -0.2) is 67.7 Å². The number of aliphatic hydroxyl groups excluding tert-OH is 2. The van der Waals surface area contributed by atoms with Crippen molar-refractivity contribution >= 4 is 39.8 Å². The Bertz CT molecular complexity index is 1000. The Morgan fingerprint density at radius 2 is 2.23 bits per heavy atom. The third-order valence-electron chi connectivity index (χ3n) is 4.75. The molecule has 0 amide bonds. The fourth-order valence-electron chi connectivity index (χ4n) is 3.33. The standard InChI is InChI=1S/C18H20ClN5O4S2/c1-27-16-14(24-6-11(22-23-24)12-8-29-18(20)21-12)15(26)13(7-25)28-17(16)30-10-4-2-3-9(19)5-10/h2-6,8,13-17,25-26H,7H2,1H3,(H2,20,21). The quantitative estimate of drug-likeness (QED) is 0.496. The Morgan fingerprint density at radius 3 is 2.90 bits per heavy atom. The molecule has 160 valence electrons. The molecule has 5 atom stereocenters. The summed E-state index contributed by atoms with van der Waals surface area (Å²) >= 11 is 8.80. The van der Waals surface area contributed by atoms with E-state index in [2.05, 4.69) is 15.3 Å². The van der Waals surface area contributed by atoms with Gasteiger partial charge in [-0.2, -0.15) is 0 Å². The Kier molecular flexibility index (Phi) is 6.58. The van der Waals surface area contributed by atoms with Gasteiger partial charge in [0.05, 0.1) is 12.8 Å². The third-order valence-corrected chi connectivity index (χ3v) is 6.79. The molecule has 3 heterocycles. The van der Waals surface area contributed by atoms with Gasteiger partial charge in [0.2, 0.25) is 0 Å². The number of rotatable bonds is 6. The highest BCUT2D eigenvalue weighted by atomic mass is 35.5. The first-order chi connectivity index (χ1) is 14.5. The van der Waals surface area contributed by atoms with Crippen molar-refractivity contribution in [2.24, 2.45) is 0 Å². The van der Waals surface area contributed by atoms with Gasteiger partial charge in [0.25, 0.3) is 0 Å². The molecule has 12 heteroatoms. The highest BCUT2D eigenvalue weighted by molar-refractivity contribution is 7.99. The second kappa shape index (κ2) is 9.18. The molecule has 1 aliphatic rings. The summed E-state index contributed by atoms with van der Waals surface area (Å²) in [5, 5.41) is 31.8. The Labute approximate surface area is 185 Å². The summed E-state index contributed by atoms with van der Waals surface area (Å²) < 4.78 is 13.2. The van der Waals surface area contributed by atoms with E-state index in [-0.39, 0.29) is 6.61 Å². The SMILES string of the molecule is COC1C(Sc2cccc(Cl)c2)OC(CO)C(O)C1n1cc(-c2csc(N)n2)nn1. The van der Waals surface area contributed by atoms with Crippen molar-refractivity contribution in [2.75, 3.05) is 19.5 Å². The largest absolute Gasteiger partial charge is 0.394 e. The monoisotopic (exact) mass is 469 g/mol. The van der Waals surface area contributed by atoms with E-state index in [9.17, 15) is 10.2 Å². The van der Waals surface area contributed by atoms with Crippen molar-refractivity contribution in [3.63, 3.8) is 0 Å². The number of anilines is 1. The summed E-state index contributed by atoms with van der Waals surface area (Å²) in [6, 6.07) is 6.70. The van der Waals surface area contributed by atoms with Crippen LogP contribution in [0.1, 0.15) is 6.04 Å². The molecule has 4 rings (SSSR count). The number of nitrogen functional groups attached to an aromatic ring is 1. The molecule has 30 heavy (non-hydrogen) atoms. The van der Waals surface area contributed by atoms with Gasteiger partial charge in [-0.1, -0.05) is 34.6 Å². The molecule has 4 N–H and O–H groups in total. The van der Waals surface area contributed by atoms with Gasteiger partial charge in [-0.15, -0.1) is 16.4 Å². The average molecular weight is 470 g/mol. The highest BCUT2D eigenvalue weighted by Gasteiger charge is 2.47. The number of nitrogens with two attached hydrogens (primary N) is 1. The maximum atomic E-state index is 10.9. The number of hydrogen-bond donors (Lipinski definition) is 3. The minimum atomic E-state index is -1.06. The van der Waals surface area contributed by atoms with Crippen molar-refractivity contribution in [1.29, 1.82) is 0 Å². The molecule has 0 radical (unpaired) electrons. The Hall–Kier alpha value is -1.73. The van der Waals surface area contributed by atoms with E-state index in [0.717, 1.165) is 4.90 Å². The summed E-state index contributed by atoms with van der Waals surface area (Å²) in [7, 11) is 1.54. The van der Waals surface area contributed by atoms with Crippen LogP contribution in [0.25, 0.3) is 11.4 Å². The van der Waals surface area contributed by atoms with Crippen LogP contribution >= 0.6 is 34.7 Å². The number of methoxy groups -OCH3 is 1. The van der Waals surface area contributed by atoms with Gasteiger partial charge in [0.1, 0.15) is 41.2 Å². The fraction of sp³-hybridized carbons (Fsp3) is 0.389. The average Bonchev–Trinajstić information content (AvgIpc) is 3.37. The molecule has 9 nitrogen and oxygen atoms in total.